The predicted octanol–water partition coefficient (Wildman–Crippen LogP) is 3.97. The van der Waals surface area contributed by atoms with Crippen LogP contribution in [0.15, 0.2) is 18.2 Å². The Kier molecular flexibility index (Phi) is 5.61. The van der Waals surface area contributed by atoms with E-state index < -0.39 is 0 Å². The number of nitrogens with zero attached hydrogens (tertiary/aromatic N) is 2. The topological polar surface area (TPSA) is 27.1 Å². The standard InChI is InChI=1S/C15H21ClN2OS/c1-11(20-3)8-10-18-12-5-4-6-13(19-2)15(12)17-14(18)7-9-16/h4-6,11H,7-10H2,1-3H3. The Labute approximate surface area is 129 Å². The van der Waals surface area contributed by atoms with Gasteiger partial charge in [0.2, 0.25) is 0 Å². The molecule has 0 saturated heterocycles. The van der Waals surface area contributed by atoms with Gasteiger partial charge in [-0.3, -0.25) is 0 Å². The summed E-state index contributed by atoms with van der Waals surface area (Å²) in [6.45, 7) is 3.23. The second-order valence-electron chi connectivity index (χ2n) is 4.78. The van der Waals surface area contributed by atoms with Crippen molar-refractivity contribution >= 4 is 34.4 Å². The van der Waals surface area contributed by atoms with Gasteiger partial charge in [0.25, 0.3) is 0 Å². The minimum Gasteiger partial charge on any atom is -0.494 e. The molecular weight excluding hydrogens is 292 g/mol. The van der Waals surface area contributed by atoms with Gasteiger partial charge in [0, 0.05) is 24.1 Å². The highest BCUT2D eigenvalue weighted by Crippen LogP contribution is 2.27. The molecule has 0 aliphatic rings. The van der Waals surface area contributed by atoms with Gasteiger partial charge in [-0.05, 0) is 24.8 Å². The molecule has 0 bridgehead atoms. The van der Waals surface area contributed by atoms with Crippen LogP contribution in [0, 0.1) is 0 Å². The van der Waals surface area contributed by atoms with E-state index in [1.165, 1.54) is 0 Å². The second kappa shape index (κ2) is 7.23. The summed E-state index contributed by atoms with van der Waals surface area (Å²) in [4.78, 5) is 4.72. The van der Waals surface area contributed by atoms with E-state index in [1.54, 1.807) is 7.11 Å². The van der Waals surface area contributed by atoms with E-state index in [0.29, 0.717) is 11.1 Å². The second-order valence-corrected chi connectivity index (χ2v) is 6.44. The number of benzene rings is 1. The van der Waals surface area contributed by atoms with Gasteiger partial charge in [-0.25, -0.2) is 4.98 Å². The van der Waals surface area contributed by atoms with Crippen molar-refractivity contribution in [1.82, 2.24) is 9.55 Å². The third-order valence-electron chi connectivity index (χ3n) is 3.52. The number of methoxy groups -OCH3 is 1. The largest absolute Gasteiger partial charge is 0.494 e. The molecule has 3 nitrogen and oxygen atoms in total. The molecule has 5 heteroatoms. The molecule has 0 spiro atoms. The Morgan fingerprint density at radius 3 is 2.90 bits per heavy atom. The monoisotopic (exact) mass is 312 g/mol. The van der Waals surface area contributed by atoms with Gasteiger partial charge >= 0.3 is 0 Å². The van der Waals surface area contributed by atoms with Crippen molar-refractivity contribution in [2.45, 2.75) is 31.6 Å². The zero-order valence-electron chi connectivity index (χ0n) is 12.2. The van der Waals surface area contributed by atoms with Crippen molar-refractivity contribution in [1.29, 1.82) is 0 Å². The lowest BCUT2D eigenvalue weighted by Gasteiger charge is -2.12. The van der Waals surface area contributed by atoms with E-state index >= 15 is 0 Å². The normalized spacial score (nSPS) is 12.8. The van der Waals surface area contributed by atoms with Crippen LogP contribution in [0.5, 0.6) is 5.75 Å². The van der Waals surface area contributed by atoms with Crippen molar-refractivity contribution in [3.63, 3.8) is 0 Å². The summed E-state index contributed by atoms with van der Waals surface area (Å²) in [5.74, 6) is 2.46. The number of alkyl halides is 1. The average molecular weight is 313 g/mol. The highest BCUT2D eigenvalue weighted by atomic mass is 35.5. The summed E-state index contributed by atoms with van der Waals surface area (Å²) >= 11 is 7.80. The first-order chi connectivity index (χ1) is 9.71. The molecule has 1 aromatic carbocycles. The molecule has 110 valence electrons. The molecule has 0 N–H and O–H groups in total. The average Bonchev–Trinajstić information content (AvgIpc) is 2.82. The van der Waals surface area contributed by atoms with Crippen LogP contribution in [0.4, 0.5) is 0 Å². The molecule has 0 aliphatic heterocycles. The third-order valence-corrected chi connectivity index (χ3v) is 4.75. The predicted molar refractivity (Wildman–Crippen MR) is 88.3 cm³/mol. The fourth-order valence-corrected chi connectivity index (χ4v) is 2.80. The number of fused-ring (bicyclic) bond motifs is 1. The molecule has 0 saturated carbocycles. The Morgan fingerprint density at radius 2 is 2.25 bits per heavy atom. The van der Waals surface area contributed by atoms with E-state index in [2.05, 4.69) is 23.8 Å². The van der Waals surface area contributed by atoms with Crippen molar-refractivity contribution in [2.24, 2.45) is 0 Å². The lowest BCUT2D eigenvalue weighted by molar-refractivity contribution is 0.419. The number of aryl methyl sites for hydroxylation is 2. The summed E-state index contributed by atoms with van der Waals surface area (Å²) in [7, 11) is 1.69. The van der Waals surface area contributed by atoms with E-state index in [9.17, 15) is 0 Å². The fourth-order valence-electron chi connectivity index (χ4n) is 2.29. The summed E-state index contributed by atoms with van der Waals surface area (Å²) in [5.41, 5.74) is 2.07. The molecule has 0 fully saturated rings. The first-order valence-corrected chi connectivity index (χ1v) is 8.64. The molecule has 1 heterocycles. The van der Waals surface area contributed by atoms with Crippen LogP contribution in [-0.4, -0.2) is 34.0 Å². The van der Waals surface area contributed by atoms with Gasteiger partial charge in [-0.15, -0.1) is 11.6 Å². The van der Waals surface area contributed by atoms with Crippen LogP contribution in [0.1, 0.15) is 19.2 Å². The number of thioether (sulfide) groups is 1. The van der Waals surface area contributed by atoms with Gasteiger partial charge in [0.15, 0.2) is 0 Å². The third kappa shape index (κ3) is 3.23. The van der Waals surface area contributed by atoms with Crippen LogP contribution in [0.25, 0.3) is 11.0 Å². The van der Waals surface area contributed by atoms with E-state index in [0.717, 1.165) is 42.0 Å². The molecule has 0 amide bonds. The molecule has 20 heavy (non-hydrogen) atoms. The van der Waals surface area contributed by atoms with Gasteiger partial charge in [-0.2, -0.15) is 11.8 Å². The lowest BCUT2D eigenvalue weighted by Crippen LogP contribution is -2.08. The quantitative estimate of drug-likeness (QED) is 0.724. The smallest absolute Gasteiger partial charge is 0.146 e. The van der Waals surface area contributed by atoms with E-state index in [4.69, 9.17) is 21.3 Å². The van der Waals surface area contributed by atoms with Crippen molar-refractivity contribution in [3.8, 4) is 5.75 Å². The zero-order chi connectivity index (χ0) is 14.5. The Balaban J connectivity index is 2.40. The minimum absolute atomic E-state index is 0.587. The molecule has 0 radical (unpaired) electrons. The summed E-state index contributed by atoms with van der Waals surface area (Å²) in [6, 6.07) is 6.07. The van der Waals surface area contributed by atoms with Crippen LogP contribution < -0.4 is 4.74 Å². The minimum atomic E-state index is 0.587. The highest BCUT2D eigenvalue weighted by molar-refractivity contribution is 7.99. The van der Waals surface area contributed by atoms with Crippen molar-refractivity contribution in [2.75, 3.05) is 19.2 Å². The number of hydrogen-bond acceptors (Lipinski definition) is 3. The number of halogens is 1. The van der Waals surface area contributed by atoms with Crippen LogP contribution in [0.2, 0.25) is 0 Å². The Hall–Kier alpha value is -0.870. The van der Waals surface area contributed by atoms with Gasteiger partial charge in [0.05, 0.1) is 12.6 Å². The fraction of sp³-hybridized carbons (Fsp3) is 0.533. The Bertz CT molecular complexity index is 570. The maximum atomic E-state index is 5.91. The zero-order valence-corrected chi connectivity index (χ0v) is 13.8. The molecule has 1 atom stereocenters. The molecule has 2 aromatic rings. The van der Waals surface area contributed by atoms with Crippen LogP contribution >= 0.6 is 23.4 Å². The van der Waals surface area contributed by atoms with Crippen molar-refractivity contribution in [3.05, 3.63) is 24.0 Å². The number of para-hydroxylation sites is 1. The van der Waals surface area contributed by atoms with Crippen molar-refractivity contribution < 1.29 is 4.74 Å². The van der Waals surface area contributed by atoms with Gasteiger partial charge in [-0.1, -0.05) is 13.0 Å². The Morgan fingerprint density at radius 1 is 1.45 bits per heavy atom. The first-order valence-electron chi connectivity index (χ1n) is 6.82. The molecule has 1 aromatic heterocycles. The molecular formula is C15H21ClN2OS. The van der Waals surface area contributed by atoms with Crippen LogP contribution in [0.3, 0.4) is 0 Å². The first kappa shape index (κ1) is 15.5. The summed E-state index contributed by atoms with van der Waals surface area (Å²) < 4.78 is 7.69. The van der Waals surface area contributed by atoms with E-state index in [1.807, 2.05) is 23.9 Å². The number of hydrogen-bond donors (Lipinski definition) is 0. The molecule has 0 aliphatic carbocycles. The highest BCUT2D eigenvalue weighted by Gasteiger charge is 2.14. The molecule has 1 unspecified atom stereocenters. The number of ether oxygens (including phenoxy) is 1. The van der Waals surface area contributed by atoms with Crippen LogP contribution in [-0.2, 0) is 13.0 Å². The van der Waals surface area contributed by atoms with Gasteiger partial charge in [0.1, 0.15) is 17.1 Å². The van der Waals surface area contributed by atoms with E-state index in [-0.39, 0.29) is 0 Å². The maximum absolute atomic E-state index is 5.91. The molecule has 2 rings (SSSR count). The summed E-state index contributed by atoms with van der Waals surface area (Å²) in [6.07, 6.45) is 4.06. The number of aromatic nitrogens is 2. The number of imidazole rings is 1. The number of rotatable bonds is 7. The summed E-state index contributed by atoms with van der Waals surface area (Å²) in [5, 5.41) is 0.641. The van der Waals surface area contributed by atoms with Gasteiger partial charge < -0.3 is 9.30 Å². The SMILES string of the molecule is COc1cccc2c1nc(CCCl)n2CCC(C)SC. The maximum Gasteiger partial charge on any atom is 0.146 e. The lowest BCUT2D eigenvalue weighted by atomic mass is 10.2.